The second-order valence-electron chi connectivity index (χ2n) is 4.71. The lowest BCUT2D eigenvalue weighted by Gasteiger charge is -2.26. The summed E-state index contributed by atoms with van der Waals surface area (Å²) in [6, 6.07) is 16.4. The number of aromatic hydroxyl groups is 1. The highest BCUT2D eigenvalue weighted by Gasteiger charge is 2.47. The van der Waals surface area contributed by atoms with Gasteiger partial charge in [-0.05, 0) is 23.3 Å². The monoisotopic (exact) mass is 254 g/mol. The van der Waals surface area contributed by atoms with Gasteiger partial charge in [0.15, 0.2) is 0 Å². The summed E-state index contributed by atoms with van der Waals surface area (Å²) in [4.78, 5) is 12.3. The average molecular weight is 254 g/mol. The first-order valence-corrected chi connectivity index (χ1v) is 6.26. The number of phenolic OH excluding ortho intramolecular Hbond substituents is 1. The predicted octanol–water partition coefficient (Wildman–Crippen LogP) is 2.63. The molecule has 1 heterocycles. The Bertz CT molecular complexity index is 606. The fourth-order valence-electron chi connectivity index (χ4n) is 2.71. The van der Waals surface area contributed by atoms with Gasteiger partial charge in [-0.2, -0.15) is 0 Å². The summed E-state index contributed by atoms with van der Waals surface area (Å²) in [7, 11) is 0. The highest BCUT2D eigenvalue weighted by molar-refractivity contribution is 5.89. The van der Waals surface area contributed by atoms with Gasteiger partial charge < -0.3 is 9.84 Å². The van der Waals surface area contributed by atoms with E-state index in [4.69, 9.17) is 4.74 Å². The first-order chi connectivity index (χ1) is 9.23. The van der Waals surface area contributed by atoms with E-state index in [0.29, 0.717) is 13.0 Å². The van der Waals surface area contributed by atoms with E-state index in [0.717, 1.165) is 11.1 Å². The Morgan fingerprint density at radius 1 is 1.00 bits per heavy atom. The summed E-state index contributed by atoms with van der Waals surface area (Å²) in [6.45, 7) is 0.406. The van der Waals surface area contributed by atoms with Crippen molar-refractivity contribution in [3.05, 3.63) is 65.7 Å². The summed E-state index contributed by atoms with van der Waals surface area (Å²) in [5.74, 6) is -0.0863. The molecular formula is C16H14O3. The maximum atomic E-state index is 12.3. The molecule has 1 atom stereocenters. The van der Waals surface area contributed by atoms with Crippen LogP contribution in [0.5, 0.6) is 5.75 Å². The molecule has 1 fully saturated rings. The molecule has 1 saturated heterocycles. The standard InChI is InChI=1S/C16H14O3/c17-14-8-4-7-13(11-14)16(9-10-19-15(16)18)12-5-2-1-3-6-12/h1-8,11,17H,9-10H2. The molecule has 2 aromatic rings. The van der Waals surface area contributed by atoms with Crippen molar-refractivity contribution < 1.29 is 14.6 Å². The van der Waals surface area contributed by atoms with Gasteiger partial charge in [-0.25, -0.2) is 0 Å². The molecule has 0 spiro atoms. The lowest BCUT2D eigenvalue weighted by atomic mass is 9.73. The Kier molecular flexibility index (Phi) is 2.75. The molecule has 96 valence electrons. The molecule has 1 aliphatic rings. The van der Waals surface area contributed by atoms with Gasteiger partial charge in [-0.3, -0.25) is 4.79 Å². The minimum atomic E-state index is -0.792. The molecule has 1 unspecified atom stereocenters. The van der Waals surface area contributed by atoms with Crippen LogP contribution in [0.2, 0.25) is 0 Å². The Hall–Kier alpha value is -2.29. The largest absolute Gasteiger partial charge is 0.508 e. The smallest absolute Gasteiger partial charge is 0.321 e. The third kappa shape index (κ3) is 1.78. The summed E-state index contributed by atoms with van der Waals surface area (Å²) in [6.07, 6.45) is 0.597. The van der Waals surface area contributed by atoms with Crippen LogP contribution in [-0.4, -0.2) is 17.7 Å². The van der Waals surface area contributed by atoms with E-state index >= 15 is 0 Å². The van der Waals surface area contributed by atoms with Gasteiger partial charge in [0.1, 0.15) is 11.2 Å². The molecular weight excluding hydrogens is 240 g/mol. The van der Waals surface area contributed by atoms with Crippen LogP contribution in [-0.2, 0) is 14.9 Å². The fourth-order valence-corrected chi connectivity index (χ4v) is 2.71. The van der Waals surface area contributed by atoms with Crippen molar-refractivity contribution in [1.82, 2.24) is 0 Å². The van der Waals surface area contributed by atoms with Gasteiger partial charge in [0, 0.05) is 6.42 Å². The lowest BCUT2D eigenvalue weighted by Crippen LogP contribution is -2.32. The van der Waals surface area contributed by atoms with Crippen molar-refractivity contribution in [2.45, 2.75) is 11.8 Å². The van der Waals surface area contributed by atoms with E-state index in [2.05, 4.69) is 0 Å². The number of carbonyl (C=O) groups excluding carboxylic acids is 1. The predicted molar refractivity (Wildman–Crippen MR) is 70.9 cm³/mol. The van der Waals surface area contributed by atoms with E-state index < -0.39 is 5.41 Å². The highest BCUT2D eigenvalue weighted by Crippen LogP contribution is 2.41. The fraction of sp³-hybridized carbons (Fsp3) is 0.188. The average Bonchev–Trinajstić information content (AvgIpc) is 2.82. The number of phenols is 1. The number of rotatable bonds is 2. The SMILES string of the molecule is O=C1OCCC1(c1ccccc1)c1cccc(O)c1. The normalized spacial score (nSPS) is 22.2. The Balaban J connectivity index is 2.21. The van der Waals surface area contributed by atoms with Crippen LogP contribution in [0.1, 0.15) is 17.5 Å². The molecule has 19 heavy (non-hydrogen) atoms. The molecule has 0 aromatic heterocycles. The Morgan fingerprint density at radius 2 is 1.74 bits per heavy atom. The first-order valence-electron chi connectivity index (χ1n) is 6.26. The topological polar surface area (TPSA) is 46.5 Å². The molecule has 1 aliphatic heterocycles. The second-order valence-corrected chi connectivity index (χ2v) is 4.71. The zero-order valence-corrected chi connectivity index (χ0v) is 10.4. The maximum Gasteiger partial charge on any atom is 0.321 e. The minimum Gasteiger partial charge on any atom is -0.508 e. The van der Waals surface area contributed by atoms with Crippen molar-refractivity contribution in [1.29, 1.82) is 0 Å². The zero-order chi connectivity index (χ0) is 13.3. The van der Waals surface area contributed by atoms with Crippen LogP contribution in [0.3, 0.4) is 0 Å². The van der Waals surface area contributed by atoms with Gasteiger partial charge in [-0.1, -0.05) is 42.5 Å². The molecule has 1 N–H and O–H groups in total. The molecule has 3 rings (SSSR count). The zero-order valence-electron chi connectivity index (χ0n) is 10.4. The van der Waals surface area contributed by atoms with Gasteiger partial charge in [0.25, 0.3) is 0 Å². The van der Waals surface area contributed by atoms with Crippen LogP contribution in [0.25, 0.3) is 0 Å². The van der Waals surface area contributed by atoms with Crippen molar-refractivity contribution in [2.24, 2.45) is 0 Å². The van der Waals surface area contributed by atoms with Gasteiger partial charge in [0.05, 0.1) is 6.61 Å². The van der Waals surface area contributed by atoms with E-state index in [-0.39, 0.29) is 11.7 Å². The Labute approximate surface area is 111 Å². The summed E-state index contributed by atoms with van der Waals surface area (Å²) in [5.41, 5.74) is 0.893. The quantitative estimate of drug-likeness (QED) is 0.838. The molecule has 0 radical (unpaired) electrons. The minimum absolute atomic E-state index is 0.160. The van der Waals surface area contributed by atoms with Crippen molar-refractivity contribution in [3.63, 3.8) is 0 Å². The van der Waals surface area contributed by atoms with E-state index in [1.165, 1.54) is 0 Å². The summed E-state index contributed by atoms with van der Waals surface area (Å²) < 4.78 is 5.20. The van der Waals surface area contributed by atoms with Crippen LogP contribution >= 0.6 is 0 Å². The number of cyclic esters (lactones) is 1. The second kappa shape index (κ2) is 4.43. The number of benzene rings is 2. The number of hydrogen-bond donors (Lipinski definition) is 1. The van der Waals surface area contributed by atoms with E-state index in [1.807, 2.05) is 36.4 Å². The van der Waals surface area contributed by atoms with Crippen LogP contribution in [0.15, 0.2) is 54.6 Å². The molecule has 0 bridgehead atoms. The number of esters is 1. The first kappa shape index (κ1) is 11.8. The number of carbonyl (C=O) groups is 1. The van der Waals surface area contributed by atoms with Crippen molar-refractivity contribution in [2.75, 3.05) is 6.61 Å². The van der Waals surface area contributed by atoms with E-state index in [9.17, 15) is 9.90 Å². The maximum absolute atomic E-state index is 12.3. The third-order valence-electron chi connectivity index (χ3n) is 3.66. The number of ether oxygens (including phenoxy) is 1. The summed E-state index contributed by atoms with van der Waals surface area (Å²) in [5, 5.41) is 9.67. The van der Waals surface area contributed by atoms with Crippen molar-refractivity contribution in [3.8, 4) is 5.75 Å². The van der Waals surface area contributed by atoms with Crippen LogP contribution in [0.4, 0.5) is 0 Å². The molecule has 0 saturated carbocycles. The Morgan fingerprint density at radius 3 is 2.37 bits per heavy atom. The van der Waals surface area contributed by atoms with Gasteiger partial charge >= 0.3 is 5.97 Å². The summed E-state index contributed by atoms with van der Waals surface area (Å²) >= 11 is 0. The molecule has 0 aliphatic carbocycles. The number of hydrogen-bond acceptors (Lipinski definition) is 3. The van der Waals surface area contributed by atoms with Crippen LogP contribution < -0.4 is 0 Å². The van der Waals surface area contributed by atoms with Crippen LogP contribution in [0, 0.1) is 0 Å². The van der Waals surface area contributed by atoms with E-state index in [1.54, 1.807) is 18.2 Å². The third-order valence-corrected chi connectivity index (χ3v) is 3.66. The highest BCUT2D eigenvalue weighted by atomic mass is 16.5. The molecule has 3 nitrogen and oxygen atoms in total. The molecule has 3 heteroatoms. The molecule has 2 aromatic carbocycles. The van der Waals surface area contributed by atoms with Crippen molar-refractivity contribution >= 4 is 5.97 Å². The van der Waals surface area contributed by atoms with Gasteiger partial charge in [0.2, 0.25) is 0 Å². The van der Waals surface area contributed by atoms with Gasteiger partial charge in [-0.15, -0.1) is 0 Å². The molecule has 0 amide bonds. The lowest BCUT2D eigenvalue weighted by molar-refractivity contribution is -0.141.